The lowest BCUT2D eigenvalue weighted by Crippen LogP contribution is -2.36. The minimum absolute atomic E-state index is 0.0622. The van der Waals surface area contributed by atoms with E-state index in [4.69, 9.17) is 9.47 Å². The van der Waals surface area contributed by atoms with Crippen LogP contribution in [0.15, 0.2) is 71.8 Å². The van der Waals surface area contributed by atoms with Crippen molar-refractivity contribution < 1.29 is 19.1 Å². The van der Waals surface area contributed by atoms with Gasteiger partial charge in [0.05, 0.1) is 26.1 Å². The molecule has 2 aromatic carbocycles. The third-order valence-electron chi connectivity index (χ3n) is 8.47. The number of carbonyl (C=O) groups is 2. The van der Waals surface area contributed by atoms with Crippen molar-refractivity contribution in [3.05, 3.63) is 82.9 Å². The number of benzene rings is 2. The Balaban J connectivity index is 1.81. The summed E-state index contributed by atoms with van der Waals surface area (Å²) in [5.41, 5.74) is 5.89. The van der Waals surface area contributed by atoms with Gasteiger partial charge < -0.3 is 9.47 Å². The van der Waals surface area contributed by atoms with Crippen molar-refractivity contribution in [2.75, 3.05) is 14.2 Å². The van der Waals surface area contributed by atoms with E-state index in [-0.39, 0.29) is 35.6 Å². The highest BCUT2D eigenvalue weighted by atomic mass is 16.5. The zero-order valence-corrected chi connectivity index (χ0v) is 20.7. The molecule has 3 fully saturated rings. The Morgan fingerprint density at radius 3 is 1.21 bits per heavy atom. The molecule has 0 amide bonds. The summed E-state index contributed by atoms with van der Waals surface area (Å²) in [6, 6.07) is 20.6. The average molecular weight is 457 g/mol. The predicted octanol–water partition coefficient (Wildman–Crippen LogP) is 5.80. The van der Waals surface area contributed by atoms with Gasteiger partial charge in [-0.3, -0.25) is 9.59 Å². The molecule has 0 N–H and O–H groups in total. The summed E-state index contributed by atoms with van der Waals surface area (Å²) < 4.78 is 10.7. The molecule has 0 heterocycles. The number of methoxy groups -OCH3 is 2. The van der Waals surface area contributed by atoms with Crippen molar-refractivity contribution in [1.29, 1.82) is 0 Å². The maximum atomic E-state index is 13.2. The van der Waals surface area contributed by atoms with E-state index in [1.807, 2.05) is 36.4 Å². The van der Waals surface area contributed by atoms with Crippen molar-refractivity contribution in [3.8, 4) is 0 Å². The topological polar surface area (TPSA) is 52.6 Å². The van der Waals surface area contributed by atoms with E-state index in [9.17, 15) is 9.59 Å². The van der Waals surface area contributed by atoms with E-state index < -0.39 is 10.8 Å². The molecule has 0 spiro atoms. The van der Waals surface area contributed by atoms with Crippen LogP contribution in [0, 0.1) is 34.5 Å². The monoisotopic (exact) mass is 456 g/mol. The number of esters is 2. The summed E-state index contributed by atoms with van der Waals surface area (Å²) in [5, 5.41) is 0. The van der Waals surface area contributed by atoms with Gasteiger partial charge in [0.25, 0.3) is 0 Å². The van der Waals surface area contributed by atoms with Crippen molar-refractivity contribution >= 4 is 23.1 Å². The van der Waals surface area contributed by atoms with Gasteiger partial charge in [0, 0.05) is 10.8 Å². The van der Waals surface area contributed by atoms with Crippen molar-refractivity contribution in [2.45, 2.75) is 27.7 Å². The van der Waals surface area contributed by atoms with Crippen LogP contribution in [0.25, 0.3) is 11.1 Å². The minimum Gasteiger partial charge on any atom is -0.469 e. The van der Waals surface area contributed by atoms with Gasteiger partial charge in [0.2, 0.25) is 0 Å². The summed E-state index contributed by atoms with van der Waals surface area (Å²) in [4.78, 5) is 26.4. The fourth-order valence-electron chi connectivity index (χ4n) is 7.85. The standard InChI is InChI=1S/C30H32O4/c1-17(2)21(19-13-9-7-10-14-19)29-23(25(29)27(31)33-5)24-26(28(32)34-6)30(24,29)22(18(3)4)20-15-11-8-12-16-20/h7-16,23-26H,1-6H3. The number of carbonyl (C=O) groups excluding carboxylic acids is 2. The second-order valence-corrected chi connectivity index (χ2v) is 10.3. The van der Waals surface area contributed by atoms with E-state index in [0.29, 0.717) is 0 Å². The average Bonchev–Trinajstić information content (AvgIpc) is 3.66. The molecule has 2 aromatic rings. The fourth-order valence-corrected chi connectivity index (χ4v) is 7.85. The first-order valence-electron chi connectivity index (χ1n) is 11.9. The van der Waals surface area contributed by atoms with E-state index in [0.717, 1.165) is 22.3 Å². The largest absolute Gasteiger partial charge is 0.469 e. The molecular formula is C30H32O4. The highest BCUT2D eigenvalue weighted by Crippen LogP contribution is 3.02. The molecule has 0 radical (unpaired) electrons. The first kappa shape index (κ1) is 22.6. The quantitative estimate of drug-likeness (QED) is 0.516. The van der Waals surface area contributed by atoms with Crippen molar-refractivity contribution in [3.63, 3.8) is 0 Å². The van der Waals surface area contributed by atoms with Crippen LogP contribution >= 0.6 is 0 Å². The second-order valence-electron chi connectivity index (χ2n) is 10.3. The summed E-state index contributed by atoms with van der Waals surface area (Å²) in [5.74, 6) is -0.787. The number of rotatable bonds is 6. The number of allylic oxidation sites excluding steroid dienone is 4. The molecule has 4 nitrogen and oxygen atoms in total. The molecule has 3 saturated carbocycles. The van der Waals surface area contributed by atoms with Crippen LogP contribution in [0.2, 0.25) is 0 Å². The van der Waals surface area contributed by atoms with Gasteiger partial charge in [0.1, 0.15) is 0 Å². The van der Waals surface area contributed by atoms with Gasteiger partial charge in [-0.05, 0) is 61.8 Å². The van der Waals surface area contributed by atoms with Crippen LogP contribution in [0.1, 0.15) is 38.8 Å². The smallest absolute Gasteiger partial charge is 0.309 e. The second kappa shape index (κ2) is 7.69. The maximum absolute atomic E-state index is 13.2. The molecule has 6 unspecified atom stereocenters. The Bertz CT molecular complexity index is 1120. The Hall–Kier alpha value is -3.14. The number of fused-ring (bicyclic) bond motifs is 4. The van der Waals surface area contributed by atoms with Crippen LogP contribution in [-0.2, 0) is 19.1 Å². The zero-order valence-electron chi connectivity index (χ0n) is 20.7. The maximum Gasteiger partial charge on any atom is 0.309 e. The third-order valence-corrected chi connectivity index (χ3v) is 8.47. The van der Waals surface area contributed by atoms with Gasteiger partial charge in [0.15, 0.2) is 0 Å². The molecule has 6 atom stereocenters. The molecule has 0 saturated heterocycles. The Morgan fingerprint density at radius 2 is 0.941 bits per heavy atom. The fraction of sp³-hybridized carbons (Fsp3) is 0.400. The lowest BCUT2D eigenvalue weighted by atomic mass is 9.59. The summed E-state index contributed by atoms with van der Waals surface area (Å²) in [6.07, 6.45) is 0. The Morgan fingerprint density at radius 1 is 0.618 bits per heavy atom. The summed E-state index contributed by atoms with van der Waals surface area (Å²) >= 11 is 0. The number of hydrogen-bond acceptors (Lipinski definition) is 4. The first-order valence-corrected chi connectivity index (χ1v) is 11.9. The SMILES string of the molecule is COC(=O)C1C2C3C(C(=O)OC)C3(C(=C(C)C)c3ccccc3)C12C(=C(C)C)c1ccccc1. The normalized spacial score (nSPS) is 31.7. The van der Waals surface area contributed by atoms with E-state index in [2.05, 4.69) is 52.0 Å². The van der Waals surface area contributed by atoms with Crippen LogP contribution in [-0.4, -0.2) is 26.2 Å². The Labute approximate surface area is 201 Å². The highest BCUT2D eigenvalue weighted by Gasteiger charge is 3.03. The van der Waals surface area contributed by atoms with Gasteiger partial charge in [-0.15, -0.1) is 0 Å². The van der Waals surface area contributed by atoms with E-state index >= 15 is 0 Å². The molecule has 0 aromatic heterocycles. The molecule has 34 heavy (non-hydrogen) atoms. The lowest BCUT2D eigenvalue weighted by molar-refractivity contribution is -0.145. The molecule has 0 aliphatic heterocycles. The zero-order chi connectivity index (χ0) is 24.4. The molecular weight excluding hydrogens is 424 g/mol. The van der Waals surface area contributed by atoms with Crippen LogP contribution < -0.4 is 0 Å². The molecule has 176 valence electrons. The van der Waals surface area contributed by atoms with Crippen LogP contribution in [0.3, 0.4) is 0 Å². The predicted molar refractivity (Wildman–Crippen MR) is 132 cm³/mol. The summed E-state index contributed by atoms with van der Waals surface area (Å²) in [7, 11) is 2.93. The van der Waals surface area contributed by atoms with E-state index in [1.54, 1.807) is 0 Å². The van der Waals surface area contributed by atoms with Gasteiger partial charge in [-0.1, -0.05) is 71.8 Å². The first-order chi connectivity index (χ1) is 16.3. The number of hydrogen-bond donors (Lipinski definition) is 0. The summed E-state index contributed by atoms with van der Waals surface area (Å²) in [6.45, 7) is 8.45. The Kier molecular flexibility index (Phi) is 5.12. The molecule has 5 rings (SSSR count). The number of ether oxygens (including phenoxy) is 2. The molecule has 0 bridgehead atoms. The third kappa shape index (κ3) is 2.54. The van der Waals surface area contributed by atoms with Crippen molar-refractivity contribution in [2.24, 2.45) is 34.5 Å². The molecule has 3 aliphatic rings. The van der Waals surface area contributed by atoms with Crippen molar-refractivity contribution in [1.82, 2.24) is 0 Å². The molecule has 4 heteroatoms. The van der Waals surface area contributed by atoms with Crippen LogP contribution in [0.5, 0.6) is 0 Å². The highest BCUT2D eigenvalue weighted by molar-refractivity contribution is 6.02. The minimum atomic E-state index is -0.494. The van der Waals surface area contributed by atoms with Gasteiger partial charge in [-0.2, -0.15) is 0 Å². The lowest BCUT2D eigenvalue weighted by Gasteiger charge is -2.42. The van der Waals surface area contributed by atoms with Crippen LogP contribution in [0.4, 0.5) is 0 Å². The van der Waals surface area contributed by atoms with Gasteiger partial charge >= 0.3 is 11.9 Å². The van der Waals surface area contributed by atoms with E-state index in [1.165, 1.54) is 25.4 Å². The van der Waals surface area contributed by atoms with Gasteiger partial charge in [-0.25, -0.2) is 0 Å². The molecule has 3 aliphatic carbocycles.